The first-order valence-corrected chi connectivity index (χ1v) is 10.9. The van der Waals surface area contributed by atoms with Gasteiger partial charge in [0.25, 0.3) is 5.91 Å². The fourth-order valence-electron chi connectivity index (χ4n) is 3.95. The zero-order chi connectivity index (χ0) is 20.8. The molecule has 29 heavy (non-hydrogen) atoms. The van der Waals surface area contributed by atoms with Crippen molar-refractivity contribution in [2.24, 2.45) is 5.92 Å². The van der Waals surface area contributed by atoms with Crippen molar-refractivity contribution in [2.75, 3.05) is 18.0 Å². The number of nitrogens with one attached hydrogen (secondary N) is 1. The van der Waals surface area contributed by atoms with Crippen LogP contribution >= 0.6 is 0 Å². The van der Waals surface area contributed by atoms with E-state index in [0.717, 1.165) is 35.9 Å². The second-order valence-electron chi connectivity index (χ2n) is 8.30. The Hall–Kier alpha value is -2.49. The third-order valence-corrected chi connectivity index (χ3v) is 5.80. The van der Waals surface area contributed by atoms with Crippen LogP contribution in [0.2, 0.25) is 0 Å². The SMILES string of the molecule is CC[C@@H](Oc1ccccc1C)C(=O)N[C@@H](C)c1ccc(N2CCC[C@@H](C)C2)cc1. The molecule has 1 N–H and O–H groups in total. The van der Waals surface area contributed by atoms with Crippen LogP contribution in [0.15, 0.2) is 48.5 Å². The Kier molecular flexibility index (Phi) is 7.18. The molecule has 0 aliphatic carbocycles. The van der Waals surface area contributed by atoms with E-state index in [1.165, 1.54) is 18.5 Å². The number of nitrogens with zero attached hydrogens (tertiary/aromatic N) is 1. The fourth-order valence-corrected chi connectivity index (χ4v) is 3.95. The van der Waals surface area contributed by atoms with Gasteiger partial charge in [-0.3, -0.25) is 4.79 Å². The third-order valence-electron chi connectivity index (χ3n) is 5.80. The molecule has 0 radical (unpaired) electrons. The number of ether oxygens (including phenoxy) is 1. The zero-order valence-electron chi connectivity index (χ0n) is 18.2. The minimum Gasteiger partial charge on any atom is -0.480 e. The Morgan fingerprint density at radius 3 is 2.59 bits per heavy atom. The third kappa shape index (κ3) is 5.53. The molecule has 0 unspecified atom stereocenters. The largest absolute Gasteiger partial charge is 0.480 e. The van der Waals surface area contributed by atoms with E-state index in [4.69, 9.17) is 4.74 Å². The van der Waals surface area contributed by atoms with Crippen LogP contribution in [-0.4, -0.2) is 25.1 Å². The lowest BCUT2D eigenvalue weighted by Gasteiger charge is -2.33. The summed E-state index contributed by atoms with van der Waals surface area (Å²) in [6.07, 6.45) is 2.71. The number of anilines is 1. The van der Waals surface area contributed by atoms with Crippen molar-refractivity contribution in [3.05, 3.63) is 59.7 Å². The van der Waals surface area contributed by atoms with E-state index >= 15 is 0 Å². The highest BCUT2D eigenvalue weighted by atomic mass is 16.5. The summed E-state index contributed by atoms with van der Waals surface area (Å²) in [7, 11) is 0. The lowest BCUT2D eigenvalue weighted by atomic mass is 9.99. The van der Waals surface area contributed by atoms with Gasteiger partial charge in [0.15, 0.2) is 6.10 Å². The molecule has 3 atom stereocenters. The average Bonchev–Trinajstić information content (AvgIpc) is 2.73. The highest BCUT2D eigenvalue weighted by Gasteiger charge is 2.22. The van der Waals surface area contributed by atoms with Gasteiger partial charge in [-0.1, -0.05) is 44.2 Å². The highest BCUT2D eigenvalue weighted by molar-refractivity contribution is 5.81. The maximum atomic E-state index is 12.8. The molecule has 2 aromatic carbocycles. The number of hydrogen-bond acceptors (Lipinski definition) is 3. The van der Waals surface area contributed by atoms with Gasteiger partial charge in [0, 0.05) is 18.8 Å². The summed E-state index contributed by atoms with van der Waals surface area (Å²) in [6, 6.07) is 16.4. The Morgan fingerprint density at radius 2 is 1.93 bits per heavy atom. The molecule has 4 heteroatoms. The zero-order valence-corrected chi connectivity index (χ0v) is 18.2. The molecule has 1 saturated heterocycles. The van der Waals surface area contributed by atoms with Crippen molar-refractivity contribution in [1.82, 2.24) is 5.32 Å². The van der Waals surface area contributed by atoms with Crippen LogP contribution in [0.4, 0.5) is 5.69 Å². The molecule has 4 nitrogen and oxygen atoms in total. The van der Waals surface area contributed by atoms with Crippen molar-refractivity contribution in [3.8, 4) is 5.75 Å². The van der Waals surface area contributed by atoms with Gasteiger partial charge in [-0.15, -0.1) is 0 Å². The van der Waals surface area contributed by atoms with Crippen LogP contribution < -0.4 is 15.0 Å². The molecule has 1 amide bonds. The molecular weight excluding hydrogens is 360 g/mol. The fraction of sp³-hybridized carbons (Fsp3) is 0.480. The number of aryl methyl sites for hydroxylation is 1. The predicted octanol–water partition coefficient (Wildman–Crippen LogP) is 5.27. The van der Waals surface area contributed by atoms with E-state index in [1.807, 2.05) is 45.0 Å². The summed E-state index contributed by atoms with van der Waals surface area (Å²) in [5.74, 6) is 1.44. The van der Waals surface area contributed by atoms with Gasteiger partial charge in [-0.2, -0.15) is 0 Å². The summed E-state index contributed by atoms with van der Waals surface area (Å²) in [6.45, 7) is 10.6. The van der Waals surface area contributed by atoms with Crippen LogP contribution in [0, 0.1) is 12.8 Å². The number of amides is 1. The second-order valence-corrected chi connectivity index (χ2v) is 8.30. The average molecular weight is 395 g/mol. The van der Waals surface area contributed by atoms with Crippen molar-refractivity contribution < 1.29 is 9.53 Å². The van der Waals surface area contributed by atoms with Crippen molar-refractivity contribution in [3.63, 3.8) is 0 Å². The number of carbonyl (C=O) groups excluding carboxylic acids is 1. The van der Waals surface area contributed by atoms with E-state index in [9.17, 15) is 4.79 Å². The first kappa shape index (κ1) is 21.2. The van der Waals surface area contributed by atoms with Gasteiger partial charge >= 0.3 is 0 Å². The molecule has 1 fully saturated rings. The lowest BCUT2D eigenvalue weighted by molar-refractivity contribution is -0.128. The number of rotatable bonds is 7. The summed E-state index contributed by atoms with van der Waals surface area (Å²) >= 11 is 0. The van der Waals surface area contributed by atoms with Gasteiger partial charge in [-0.05, 0) is 68.4 Å². The summed E-state index contributed by atoms with van der Waals surface area (Å²) in [4.78, 5) is 15.2. The molecule has 1 aliphatic heterocycles. The Labute approximate surface area is 175 Å². The van der Waals surface area contributed by atoms with Crippen LogP contribution in [-0.2, 0) is 4.79 Å². The molecule has 2 aromatic rings. The maximum Gasteiger partial charge on any atom is 0.261 e. The second kappa shape index (κ2) is 9.82. The number of benzene rings is 2. The molecule has 0 bridgehead atoms. The number of piperidine rings is 1. The Morgan fingerprint density at radius 1 is 1.21 bits per heavy atom. The van der Waals surface area contributed by atoms with Gasteiger partial charge in [0.05, 0.1) is 6.04 Å². The smallest absolute Gasteiger partial charge is 0.261 e. The molecule has 0 spiro atoms. The molecule has 1 aliphatic rings. The van der Waals surface area contributed by atoms with Crippen LogP contribution in [0.1, 0.15) is 57.2 Å². The molecular formula is C25H34N2O2. The molecule has 0 aromatic heterocycles. The lowest BCUT2D eigenvalue weighted by Crippen LogP contribution is -2.39. The molecule has 3 rings (SSSR count). The Balaban J connectivity index is 1.60. The normalized spacial score (nSPS) is 18.8. The standard InChI is InChI=1S/C25H34N2O2/c1-5-23(29-24-11-7-6-10-19(24)3)25(28)26-20(4)21-12-14-22(15-13-21)27-16-8-9-18(2)17-27/h6-7,10-15,18,20,23H,5,8-9,16-17H2,1-4H3,(H,26,28)/t18-,20+,23-/m1/s1. The van der Waals surface area contributed by atoms with Gasteiger partial charge in [0.2, 0.25) is 0 Å². The molecule has 156 valence electrons. The molecule has 0 saturated carbocycles. The first-order valence-electron chi connectivity index (χ1n) is 10.9. The van der Waals surface area contributed by atoms with E-state index in [2.05, 4.69) is 41.4 Å². The van der Waals surface area contributed by atoms with Crippen LogP contribution in [0.5, 0.6) is 5.75 Å². The number of carbonyl (C=O) groups is 1. The van der Waals surface area contributed by atoms with E-state index in [1.54, 1.807) is 0 Å². The number of hydrogen-bond donors (Lipinski definition) is 1. The topological polar surface area (TPSA) is 41.6 Å². The number of para-hydroxylation sites is 1. The van der Waals surface area contributed by atoms with Gasteiger partial charge in [0.1, 0.15) is 5.75 Å². The van der Waals surface area contributed by atoms with Crippen LogP contribution in [0.25, 0.3) is 0 Å². The van der Waals surface area contributed by atoms with E-state index < -0.39 is 6.10 Å². The van der Waals surface area contributed by atoms with Crippen LogP contribution in [0.3, 0.4) is 0 Å². The van der Waals surface area contributed by atoms with Crippen molar-refractivity contribution in [2.45, 2.75) is 59.1 Å². The minimum absolute atomic E-state index is 0.0636. The summed E-state index contributed by atoms with van der Waals surface area (Å²) in [5, 5.41) is 3.12. The predicted molar refractivity (Wildman–Crippen MR) is 119 cm³/mol. The maximum absolute atomic E-state index is 12.8. The van der Waals surface area contributed by atoms with Gasteiger partial charge < -0.3 is 15.0 Å². The van der Waals surface area contributed by atoms with E-state index in [-0.39, 0.29) is 11.9 Å². The van der Waals surface area contributed by atoms with Crippen molar-refractivity contribution in [1.29, 1.82) is 0 Å². The summed E-state index contributed by atoms with van der Waals surface area (Å²) in [5.41, 5.74) is 3.42. The van der Waals surface area contributed by atoms with Crippen molar-refractivity contribution >= 4 is 11.6 Å². The monoisotopic (exact) mass is 394 g/mol. The Bertz CT molecular complexity index is 803. The highest BCUT2D eigenvalue weighted by Crippen LogP contribution is 2.25. The van der Waals surface area contributed by atoms with Gasteiger partial charge in [-0.25, -0.2) is 0 Å². The minimum atomic E-state index is -0.493. The summed E-state index contributed by atoms with van der Waals surface area (Å²) < 4.78 is 5.98. The van der Waals surface area contributed by atoms with E-state index in [0.29, 0.717) is 6.42 Å². The quantitative estimate of drug-likeness (QED) is 0.696. The molecule has 1 heterocycles. The first-order chi connectivity index (χ1) is 14.0.